The maximum atomic E-state index is 12.9. The molecule has 28 heavy (non-hydrogen) atoms. The molecule has 0 radical (unpaired) electrons. The fraction of sp³-hybridized carbons (Fsp3) is 0.294. The summed E-state index contributed by atoms with van der Waals surface area (Å²) in [6, 6.07) is 8.65. The number of thiazole rings is 1. The SMILES string of the molecule is CS(=O)(=O)N[C@H]1C[C@@H](c2nc(-c3ccccc3)n[nH]2)N(C(=O)c2cscn2)C1. The molecule has 146 valence electrons. The van der Waals surface area contributed by atoms with Gasteiger partial charge in [0.25, 0.3) is 5.91 Å². The predicted molar refractivity (Wildman–Crippen MR) is 104 cm³/mol. The van der Waals surface area contributed by atoms with E-state index in [0.717, 1.165) is 11.8 Å². The van der Waals surface area contributed by atoms with Crippen LogP contribution in [0.3, 0.4) is 0 Å². The van der Waals surface area contributed by atoms with Crippen molar-refractivity contribution in [2.45, 2.75) is 18.5 Å². The lowest BCUT2D eigenvalue weighted by atomic mass is 10.1. The molecule has 2 atom stereocenters. The van der Waals surface area contributed by atoms with Crippen LogP contribution in [0.15, 0.2) is 41.2 Å². The minimum Gasteiger partial charge on any atom is -0.325 e. The number of hydrogen-bond donors (Lipinski definition) is 2. The van der Waals surface area contributed by atoms with Crippen molar-refractivity contribution in [2.75, 3.05) is 12.8 Å². The van der Waals surface area contributed by atoms with Crippen molar-refractivity contribution in [2.24, 2.45) is 0 Å². The molecule has 4 rings (SSSR count). The first-order valence-corrected chi connectivity index (χ1v) is 11.4. The van der Waals surface area contributed by atoms with Gasteiger partial charge in [0.15, 0.2) is 5.82 Å². The molecule has 0 spiro atoms. The molecule has 3 aromatic rings. The quantitative estimate of drug-likeness (QED) is 0.647. The molecule has 0 bridgehead atoms. The lowest BCUT2D eigenvalue weighted by molar-refractivity contribution is 0.0723. The number of H-pyrrole nitrogens is 1. The summed E-state index contributed by atoms with van der Waals surface area (Å²) in [5.41, 5.74) is 2.77. The summed E-state index contributed by atoms with van der Waals surface area (Å²) in [5, 5.41) is 8.84. The zero-order valence-electron chi connectivity index (χ0n) is 14.9. The molecular weight excluding hydrogens is 400 g/mol. The van der Waals surface area contributed by atoms with Gasteiger partial charge < -0.3 is 4.90 Å². The Balaban J connectivity index is 1.64. The van der Waals surface area contributed by atoms with Gasteiger partial charge >= 0.3 is 0 Å². The molecule has 11 heteroatoms. The highest BCUT2D eigenvalue weighted by Crippen LogP contribution is 2.32. The maximum absolute atomic E-state index is 12.9. The maximum Gasteiger partial charge on any atom is 0.273 e. The second kappa shape index (κ2) is 7.41. The van der Waals surface area contributed by atoms with Crippen molar-refractivity contribution in [1.82, 2.24) is 29.8 Å². The number of nitrogens with zero attached hydrogens (tertiary/aromatic N) is 4. The van der Waals surface area contributed by atoms with Gasteiger partial charge in [0.05, 0.1) is 17.8 Å². The summed E-state index contributed by atoms with van der Waals surface area (Å²) in [4.78, 5) is 23.1. The molecule has 0 aliphatic carbocycles. The van der Waals surface area contributed by atoms with Crippen LogP contribution >= 0.6 is 11.3 Å². The number of carbonyl (C=O) groups excluding carboxylic acids is 1. The average Bonchev–Trinajstić information content (AvgIpc) is 3.40. The van der Waals surface area contributed by atoms with Crippen LogP contribution in [0.1, 0.15) is 28.8 Å². The lowest BCUT2D eigenvalue weighted by Gasteiger charge is -2.21. The number of amides is 1. The summed E-state index contributed by atoms with van der Waals surface area (Å²) in [7, 11) is -3.40. The fourth-order valence-electron chi connectivity index (χ4n) is 3.31. The van der Waals surface area contributed by atoms with Crippen molar-refractivity contribution >= 4 is 27.3 Å². The number of likely N-dealkylation sites (tertiary alicyclic amines) is 1. The molecule has 1 fully saturated rings. The van der Waals surface area contributed by atoms with Gasteiger partial charge in [-0.25, -0.2) is 23.1 Å². The molecule has 1 aromatic carbocycles. The first kappa shape index (κ1) is 18.7. The van der Waals surface area contributed by atoms with E-state index in [1.54, 1.807) is 15.8 Å². The molecule has 9 nitrogen and oxygen atoms in total. The van der Waals surface area contributed by atoms with Crippen LogP contribution in [-0.4, -0.2) is 58.2 Å². The van der Waals surface area contributed by atoms with E-state index in [9.17, 15) is 13.2 Å². The Kier molecular flexibility index (Phi) is 4.96. The molecule has 1 amide bonds. The van der Waals surface area contributed by atoms with Crippen molar-refractivity contribution in [3.05, 3.63) is 52.7 Å². The van der Waals surface area contributed by atoms with E-state index in [1.165, 1.54) is 11.3 Å². The minimum atomic E-state index is -3.40. The third-order valence-corrected chi connectivity index (χ3v) is 5.79. The van der Waals surface area contributed by atoms with E-state index >= 15 is 0 Å². The van der Waals surface area contributed by atoms with Crippen LogP contribution in [0.5, 0.6) is 0 Å². The van der Waals surface area contributed by atoms with Gasteiger partial charge in [0.1, 0.15) is 11.5 Å². The number of hydrogen-bond acceptors (Lipinski definition) is 7. The van der Waals surface area contributed by atoms with Gasteiger partial charge in [0, 0.05) is 23.5 Å². The van der Waals surface area contributed by atoms with E-state index in [4.69, 9.17) is 0 Å². The van der Waals surface area contributed by atoms with Gasteiger partial charge in [-0.05, 0) is 6.42 Å². The second-order valence-electron chi connectivity index (χ2n) is 6.58. The summed E-state index contributed by atoms with van der Waals surface area (Å²) < 4.78 is 25.9. The Labute approximate surface area is 165 Å². The standard InChI is InChI=1S/C17H18N6O3S2/c1-28(25,26)22-12-7-14(23(8-12)17(24)13-9-27-10-18-13)16-19-15(20-21-16)11-5-3-2-4-6-11/h2-6,9-10,12,14,22H,7-8H2,1H3,(H,19,20,21)/t12-,14-/m0/s1. The Morgan fingerprint density at radius 3 is 2.79 bits per heavy atom. The average molecular weight is 419 g/mol. The Hall–Kier alpha value is -2.63. The number of nitrogens with one attached hydrogen (secondary N) is 2. The molecule has 1 aliphatic rings. The first-order valence-electron chi connectivity index (χ1n) is 8.55. The van der Waals surface area contributed by atoms with Crippen LogP contribution < -0.4 is 4.72 Å². The van der Waals surface area contributed by atoms with E-state index in [2.05, 4.69) is 24.9 Å². The van der Waals surface area contributed by atoms with Crippen LogP contribution in [-0.2, 0) is 10.0 Å². The predicted octanol–water partition coefficient (Wildman–Crippen LogP) is 1.43. The van der Waals surface area contributed by atoms with Crippen LogP contribution in [0.25, 0.3) is 11.4 Å². The van der Waals surface area contributed by atoms with Crippen molar-refractivity contribution in [1.29, 1.82) is 0 Å². The number of sulfonamides is 1. The summed E-state index contributed by atoms with van der Waals surface area (Å²) in [6.07, 6.45) is 1.50. The van der Waals surface area contributed by atoms with Gasteiger partial charge in [-0.1, -0.05) is 30.3 Å². The third-order valence-electron chi connectivity index (χ3n) is 4.44. The highest BCUT2D eigenvalue weighted by Gasteiger charge is 2.40. The fourth-order valence-corrected chi connectivity index (χ4v) is 4.61. The molecule has 0 saturated carbocycles. The normalized spacial score (nSPS) is 19.8. The highest BCUT2D eigenvalue weighted by atomic mass is 32.2. The zero-order valence-corrected chi connectivity index (χ0v) is 16.6. The summed E-state index contributed by atoms with van der Waals surface area (Å²) >= 11 is 1.33. The van der Waals surface area contributed by atoms with E-state index in [1.807, 2.05) is 30.3 Å². The van der Waals surface area contributed by atoms with Crippen molar-refractivity contribution < 1.29 is 13.2 Å². The number of aromatic amines is 1. The van der Waals surface area contributed by atoms with Crippen LogP contribution in [0.2, 0.25) is 0 Å². The largest absolute Gasteiger partial charge is 0.325 e. The number of carbonyl (C=O) groups is 1. The monoisotopic (exact) mass is 418 g/mol. The molecule has 1 saturated heterocycles. The second-order valence-corrected chi connectivity index (χ2v) is 9.08. The Morgan fingerprint density at radius 1 is 1.32 bits per heavy atom. The summed E-state index contributed by atoms with van der Waals surface area (Å²) in [5.74, 6) is 0.776. The molecular formula is C17H18N6O3S2. The Morgan fingerprint density at radius 2 is 2.11 bits per heavy atom. The van der Waals surface area contributed by atoms with Crippen LogP contribution in [0.4, 0.5) is 0 Å². The Bertz CT molecular complexity index is 1070. The molecule has 2 aromatic heterocycles. The van der Waals surface area contributed by atoms with Gasteiger partial charge in [-0.2, -0.15) is 5.10 Å². The highest BCUT2D eigenvalue weighted by molar-refractivity contribution is 7.88. The van der Waals surface area contributed by atoms with Gasteiger partial charge in [-0.3, -0.25) is 9.89 Å². The molecule has 0 unspecified atom stereocenters. The van der Waals surface area contributed by atoms with Crippen LogP contribution in [0, 0.1) is 0 Å². The number of rotatable bonds is 5. The van der Waals surface area contributed by atoms with Gasteiger partial charge in [-0.15, -0.1) is 11.3 Å². The number of aromatic nitrogens is 4. The third kappa shape index (κ3) is 3.96. The smallest absolute Gasteiger partial charge is 0.273 e. The first-order chi connectivity index (χ1) is 13.4. The molecule has 1 aliphatic heterocycles. The zero-order chi connectivity index (χ0) is 19.7. The lowest BCUT2D eigenvalue weighted by Crippen LogP contribution is -2.38. The van der Waals surface area contributed by atoms with Crippen molar-refractivity contribution in [3.63, 3.8) is 0 Å². The molecule has 3 heterocycles. The minimum absolute atomic E-state index is 0.232. The van der Waals surface area contributed by atoms with E-state index < -0.39 is 22.1 Å². The van der Waals surface area contributed by atoms with E-state index in [0.29, 0.717) is 23.8 Å². The van der Waals surface area contributed by atoms with E-state index in [-0.39, 0.29) is 12.5 Å². The summed E-state index contributed by atoms with van der Waals surface area (Å²) in [6.45, 7) is 0.232. The van der Waals surface area contributed by atoms with Gasteiger partial charge in [0.2, 0.25) is 10.0 Å². The molecule has 2 N–H and O–H groups in total. The number of benzene rings is 1. The van der Waals surface area contributed by atoms with Crippen molar-refractivity contribution in [3.8, 4) is 11.4 Å². The topological polar surface area (TPSA) is 121 Å².